The number of phenolic OH excluding ortho intramolecular Hbond substituents is 1. The molecule has 0 spiro atoms. The summed E-state index contributed by atoms with van der Waals surface area (Å²) in [4.78, 5) is 76.4. The lowest BCUT2D eigenvalue weighted by Gasteiger charge is -2.26. The number of hydrogen-bond donors (Lipinski definition) is 10. The van der Waals surface area contributed by atoms with Gasteiger partial charge in [0.1, 0.15) is 29.9 Å². The van der Waals surface area contributed by atoms with Gasteiger partial charge in [0.2, 0.25) is 29.5 Å². The van der Waals surface area contributed by atoms with E-state index in [0.717, 1.165) is 16.3 Å². The SMILES string of the molecule is NC(N)=NCCC[C@@H]1NC(=O)[C@@H](Cc2ccc3ccccc3c2)NC(=O)CNC(=O)[C@@H](CCCN=C(N)N)NC(=O)[C@@H](Cc2ccc(O)cc2)NC1=O. The summed E-state index contributed by atoms with van der Waals surface area (Å²) in [5, 5.41) is 25.2. The normalized spacial score (nSPS) is 20.0. The summed E-state index contributed by atoms with van der Waals surface area (Å²) in [5.41, 5.74) is 23.2. The summed E-state index contributed by atoms with van der Waals surface area (Å²) in [7, 11) is 0. The third-order valence-corrected chi connectivity index (χ3v) is 8.49. The van der Waals surface area contributed by atoms with Crippen LogP contribution in [-0.4, -0.2) is 90.4 Å². The van der Waals surface area contributed by atoms with Crippen LogP contribution < -0.4 is 49.5 Å². The summed E-state index contributed by atoms with van der Waals surface area (Å²) >= 11 is 0. The van der Waals surface area contributed by atoms with Crippen molar-refractivity contribution >= 4 is 52.2 Å². The van der Waals surface area contributed by atoms with E-state index in [1.165, 1.54) is 12.1 Å². The molecule has 5 amide bonds. The number of nitrogens with zero attached hydrogens (tertiary/aromatic N) is 2. The Hall–Kier alpha value is -6.39. The van der Waals surface area contributed by atoms with Crippen LogP contribution in [0.2, 0.25) is 0 Å². The number of fused-ring (bicyclic) bond motifs is 1. The average Bonchev–Trinajstić information content (AvgIpc) is 3.12. The van der Waals surface area contributed by atoms with E-state index in [2.05, 4.69) is 36.6 Å². The Morgan fingerprint density at radius 1 is 0.604 bits per heavy atom. The predicted molar refractivity (Wildman–Crippen MR) is 200 cm³/mol. The largest absolute Gasteiger partial charge is 0.508 e. The third kappa shape index (κ3) is 12.7. The number of aromatic hydroxyl groups is 1. The van der Waals surface area contributed by atoms with Crippen LogP contribution in [0.1, 0.15) is 36.8 Å². The number of amides is 5. The second-order valence-corrected chi connectivity index (χ2v) is 12.7. The van der Waals surface area contributed by atoms with Gasteiger partial charge in [0.25, 0.3) is 0 Å². The van der Waals surface area contributed by atoms with E-state index in [-0.39, 0.29) is 62.9 Å². The first-order valence-electron chi connectivity index (χ1n) is 17.2. The fraction of sp³-hybridized carbons (Fsp3) is 0.361. The van der Waals surface area contributed by atoms with Gasteiger partial charge in [-0.15, -0.1) is 0 Å². The molecule has 0 aromatic heterocycles. The molecule has 1 fully saturated rings. The fourth-order valence-corrected chi connectivity index (χ4v) is 5.79. The summed E-state index contributed by atoms with van der Waals surface area (Å²) in [6.07, 6.45) is 0.777. The van der Waals surface area contributed by atoms with Gasteiger partial charge in [-0.2, -0.15) is 0 Å². The number of guanidine groups is 2. The van der Waals surface area contributed by atoms with Crippen molar-refractivity contribution in [1.29, 1.82) is 0 Å². The van der Waals surface area contributed by atoms with Crippen LogP contribution >= 0.6 is 0 Å². The Bertz CT molecular complexity index is 1820. The molecule has 1 aliphatic heterocycles. The van der Waals surface area contributed by atoms with Gasteiger partial charge in [0, 0.05) is 25.9 Å². The van der Waals surface area contributed by atoms with Crippen molar-refractivity contribution in [2.75, 3.05) is 19.6 Å². The molecule has 0 saturated carbocycles. The smallest absolute Gasteiger partial charge is 0.243 e. The standard InChI is InChI=1S/C36H47N11O6/c37-35(38)41-15-3-7-26-31(50)43-20-30(49)44-28(19-22-9-12-23-5-1-2-6-24(23)17-22)33(52)46-27(8-4-16-42-36(39)40)32(51)47-29(34(53)45-26)18-21-10-13-25(48)14-11-21/h1-2,5-6,9-14,17,26-29,48H,3-4,7-8,15-16,18-20H2,(H,43,50)(H,44,49)(H,45,53)(H,46,52)(H,47,51)(H4,37,38,41)(H4,39,40,42)/t26-,27+,28-,29-/m1/s1. The molecular formula is C36H47N11O6. The Labute approximate surface area is 306 Å². The van der Waals surface area contributed by atoms with Gasteiger partial charge in [-0.1, -0.05) is 54.6 Å². The maximum absolute atomic E-state index is 14.0. The molecule has 0 bridgehead atoms. The van der Waals surface area contributed by atoms with Crippen molar-refractivity contribution < 1.29 is 29.1 Å². The molecule has 0 unspecified atom stereocenters. The van der Waals surface area contributed by atoms with Gasteiger partial charge in [0.05, 0.1) is 6.54 Å². The first kappa shape index (κ1) is 39.4. The highest BCUT2D eigenvalue weighted by Gasteiger charge is 2.32. The molecular weight excluding hydrogens is 682 g/mol. The Morgan fingerprint density at radius 3 is 1.70 bits per heavy atom. The number of hydrogen-bond acceptors (Lipinski definition) is 8. The molecule has 4 atom stereocenters. The number of nitrogens with two attached hydrogens (primary N) is 4. The molecule has 0 aliphatic carbocycles. The van der Waals surface area contributed by atoms with Gasteiger partial charge < -0.3 is 54.6 Å². The van der Waals surface area contributed by atoms with Crippen molar-refractivity contribution in [2.45, 2.75) is 62.7 Å². The fourth-order valence-electron chi connectivity index (χ4n) is 5.79. The van der Waals surface area contributed by atoms with Crippen LogP contribution in [-0.2, 0) is 36.8 Å². The number of aliphatic imine (C=N–C) groups is 2. The zero-order chi connectivity index (χ0) is 38.3. The van der Waals surface area contributed by atoms with Gasteiger partial charge in [-0.05, 0) is 59.7 Å². The van der Waals surface area contributed by atoms with Gasteiger partial charge in [-0.3, -0.25) is 34.0 Å². The zero-order valence-electron chi connectivity index (χ0n) is 29.2. The lowest BCUT2D eigenvalue weighted by Crippen LogP contribution is -2.58. The molecule has 282 valence electrons. The minimum atomic E-state index is -1.23. The number of carbonyl (C=O) groups excluding carboxylic acids is 5. The van der Waals surface area contributed by atoms with E-state index in [1.807, 2.05) is 42.5 Å². The van der Waals surface area contributed by atoms with Gasteiger partial charge in [-0.25, -0.2) is 0 Å². The number of benzene rings is 3. The van der Waals surface area contributed by atoms with E-state index in [1.54, 1.807) is 12.1 Å². The lowest BCUT2D eigenvalue weighted by atomic mass is 10.00. The maximum atomic E-state index is 14.0. The molecule has 14 N–H and O–H groups in total. The van der Waals surface area contributed by atoms with Crippen molar-refractivity contribution in [3.8, 4) is 5.75 Å². The van der Waals surface area contributed by atoms with E-state index < -0.39 is 60.2 Å². The summed E-state index contributed by atoms with van der Waals surface area (Å²) in [6, 6.07) is 14.7. The van der Waals surface area contributed by atoms with Crippen LogP contribution in [0.15, 0.2) is 76.7 Å². The monoisotopic (exact) mass is 729 g/mol. The predicted octanol–water partition coefficient (Wildman–Crippen LogP) is -1.49. The minimum absolute atomic E-state index is 0.00627. The highest BCUT2D eigenvalue weighted by atomic mass is 16.3. The number of phenols is 1. The van der Waals surface area contributed by atoms with E-state index in [9.17, 15) is 29.1 Å². The van der Waals surface area contributed by atoms with Crippen molar-refractivity contribution in [1.82, 2.24) is 26.6 Å². The molecule has 53 heavy (non-hydrogen) atoms. The zero-order valence-corrected chi connectivity index (χ0v) is 29.2. The van der Waals surface area contributed by atoms with E-state index >= 15 is 0 Å². The quantitative estimate of drug-likeness (QED) is 0.0585. The van der Waals surface area contributed by atoms with Crippen molar-refractivity contribution in [3.05, 3.63) is 77.9 Å². The Balaban J connectivity index is 1.68. The van der Waals surface area contributed by atoms with Crippen LogP contribution in [0.5, 0.6) is 5.75 Å². The van der Waals surface area contributed by atoms with Crippen LogP contribution in [0.4, 0.5) is 0 Å². The third-order valence-electron chi connectivity index (χ3n) is 8.49. The topological polar surface area (TPSA) is 295 Å². The molecule has 3 aromatic carbocycles. The molecule has 1 heterocycles. The highest BCUT2D eigenvalue weighted by molar-refractivity contribution is 5.97. The second-order valence-electron chi connectivity index (χ2n) is 12.7. The molecule has 3 aromatic rings. The van der Waals surface area contributed by atoms with Gasteiger partial charge >= 0.3 is 0 Å². The molecule has 17 heteroatoms. The first-order valence-corrected chi connectivity index (χ1v) is 17.2. The molecule has 0 radical (unpaired) electrons. The van der Waals surface area contributed by atoms with Crippen LogP contribution in [0, 0.1) is 0 Å². The summed E-state index contributed by atoms with van der Waals surface area (Å²) in [5.74, 6) is -3.66. The molecule has 1 aliphatic rings. The first-order chi connectivity index (χ1) is 25.4. The average molecular weight is 730 g/mol. The maximum Gasteiger partial charge on any atom is 0.243 e. The second kappa shape index (κ2) is 19.3. The Kier molecular flexibility index (Phi) is 14.3. The van der Waals surface area contributed by atoms with Crippen molar-refractivity contribution in [2.24, 2.45) is 32.9 Å². The summed E-state index contributed by atoms with van der Waals surface area (Å²) in [6.45, 7) is -0.176. The van der Waals surface area contributed by atoms with Crippen LogP contribution in [0.25, 0.3) is 10.8 Å². The van der Waals surface area contributed by atoms with E-state index in [4.69, 9.17) is 22.9 Å². The molecule has 1 saturated heterocycles. The number of carbonyl (C=O) groups is 5. The molecule has 17 nitrogen and oxygen atoms in total. The number of nitrogens with one attached hydrogen (secondary N) is 5. The number of rotatable bonds is 12. The Morgan fingerprint density at radius 2 is 1.09 bits per heavy atom. The molecule has 4 rings (SSSR count). The highest BCUT2D eigenvalue weighted by Crippen LogP contribution is 2.17. The minimum Gasteiger partial charge on any atom is -0.508 e. The van der Waals surface area contributed by atoms with Crippen LogP contribution in [0.3, 0.4) is 0 Å². The lowest BCUT2D eigenvalue weighted by molar-refractivity contribution is -0.134. The van der Waals surface area contributed by atoms with Gasteiger partial charge in [0.15, 0.2) is 11.9 Å². The summed E-state index contributed by atoms with van der Waals surface area (Å²) < 4.78 is 0. The van der Waals surface area contributed by atoms with E-state index in [0.29, 0.717) is 12.0 Å². The van der Waals surface area contributed by atoms with Crippen molar-refractivity contribution in [3.63, 3.8) is 0 Å².